The summed E-state index contributed by atoms with van der Waals surface area (Å²) >= 11 is 3.30. The predicted octanol–water partition coefficient (Wildman–Crippen LogP) is 2.96. The van der Waals surface area contributed by atoms with Gasteiger partial charge in [0.2, 0.25) is 0 Å². The Kier molecular flexibility index (Phi) is 4.47. The van der Waals surface area contributed by atoms with Crippen LogP contribution in [0.4, 0.5) is 0 Å². The van der Waals surface area contributed by atoms with Gasteiger partial charge in [0, 0.05) is 23.8 Å². The van der Waals surface area contributed by atoms with Crippen LogP contribution in [0.5, 0.6) is 0 Å². The lowest BCUT2D eigenvalue weighted by Gasteiger charge is -2.27. The maximum atomic E-state index is 12.0. The average molecular weight is 285 g/mol. The van der Waals surface area contributed by atoms with E-state index in [1.807, 2.05) is 20.0 Å². The second-order valence-corrected chi connectivity index (χ2v) is 5.18. The number of carbonyl (C=O) groups is 1. The van der Waals surface area contributed by atoms with Crippen LogP contribution in [0.2, 0.25) is 0 Å². The third-order valence-electron chi connectivity index (χ3n) is 2.84. The van der Waals surface area contributed by atoms with Gasteiger partial charge >= 0.3 is 0 Å². The number of pyridine rings is 1. The lowest BCUT2D eigenvalue weighted by Crippen LogP contribution is -2.38. The topological polar surface area (TPSA) is 33.2 Å². The first-order valence-electron chi connectivity index (χ1n) is 5.32. The number of halogens is 1. The largest absolute Gasteiger partial charge is 0.337 e. The fourth-order valence-corrected chi connectivity index (χ4v) is 1.55. The summed E-state index contributed by atoms with van der Waals surface area (Å²) in [6.07, 6.45) is 1.64. The minimum Gasteiger partial charge on any atom is -0.337 e. The van der Waals surface area contributed by atoms with Crippen LogP contribution in [-0.2, 0) is 0 Å². The number of hydrogen-bond donors (Lipinski definition) is 0. The molecule has 1 amide bonds. The van der Waals surface area contributed by atoms with Gasteiger partial charge in [-0.05, 0) is 40.9 Å². The molecule has 0 bridgehead atoms. The van der Waals surface area contributed by atoms with E-state index in [4.69, 9.17) is 0 Å². The SMILES string of the molecule is CC(C)C(C)N(C)C(=O)c1ccc(Br)cn1. The minimum absolute atomic E-state index is 0.0336. The zero-order valence-electron chi connectivity index (χ0n) is 10.1. The maximum Gasteiger partial charge on any atom is 0.272 e. The third-order valence-corrected chi connectivity index (χ3v) is 3.31. The summed E-state index contributed by atoms with van der Waals surface area (Å²) < 4.78 is 0.878. The highest BCUT2D eigenvalue weighted by molar-refractivity contribution is 9.10. The van der Waals surface area contributed by atoms with Crippen molar-refractivity contribution in [3.05, 3.63) is 28.5 Å². The van der Waals surface area contributed by atoms with Crippen molar-refractivity contribution in [2.75, 3.05) is 7.05 Å². The maximum absolute atomic E-state index is 12.0. The van der Waals surface area contributed by atoms with Crippen molar-refractivity contribution in [2.24, 2.45) is 5.92 Å². The monoisotopic (exact) mass is 284 g/mol. The standard InChI is InChI=1S/C12H17BrN2O/c1-8(2)9(3)15(4)12(16)11-6-5-10(13)7-14-11/h5-9H,1-4H3. The molecular formula is C12H17BrN2O. The summed E-state index contributed by atoms with van der Waals surface area (Å²) in [4.78, 5) is 17.9. The van der Waals surface area contributed by atoms with Crippen LogP contribution < -0.4 is 0 Å². The summed E-state index contributed by atoms with van der Waals surface area (Å²) in [5.41, 5.74) is 0.484. The van der Waals surface area contributed by atoms with Gasteiger partial charge in [-0.2, -0.15) is 0 Å². The molecule has 0 radical (unpaired) electrons. The molecule has 1 aromatic heterocycles. The van der Waals surface area contributed by atoms with Crippen LogP contribution in [0.3, 0.4) is 0 Å². The van der Waals surface area contributed by atoms with Crippen molar-refractivity contribution >= 4 is 21.8 Å². The molecule has 4 heteroatoms. The van der Waals surface area contributed by atoms with E-state index in [-0.39, 0.29) is 11.9 Å². The lowest BCUT2D eigenvalue weighted by molar-refractivity contribution is 0.0701. The van der Waals surface area contributed by atoms with Crippen LogP contribution in [0.15, 0.2) is 22.8 Å². The Morgan fingerprint density at radius 3 is 2.44 bits per heavy atom. The molecule has 88 valence electrons. The van der Waals surface area contributed by atoms with Gasteiger partial charge in [0.1, 0.15) is 5.69 Å². The average Bonchev–Trinajstić information content (AvgIpc) is 2.27. The molecule has 3 nitrogen and oxygen atoms in total. The molecule has 0 aromatic carbocycles. The molecule has 0 aliphatic heterocycles. The van der Waals surface area contributed by atoms with Gasteiger partial charge in [0.15, 0.2) is 0 Å². The Bertz CT molecular complexity index is 362. The summed E-state index contributed by atoms with van der Waals surface area (Å²) in [5, 5.41) is 0. The predicted molar refractivity (Wildman–Crippen MR) is 68.3 cm³/mol. The molecular weight excluding hydrogens is 268 g/mol. The van der Waals surface area contributed by atoms with E-state index in [1.165, 1.54) is 0 Å². The highest BCUT2D eigenvalue weighted by Gasteiger charge is 2.20. The first-order valence-corrected chi connectivity index (χ1v) is 6.11. The van der Waals surface area contributed by atoms with Gasteiger partial charge in [-0.15, -0.1) is 0 Å². The molecule has 0 saturated heterocycles. The van der Waals surface area contributed by atoms with Gasteiger partial charge in [-0.3, -0.25) is 4.79 Å². The van der Waals surface area contributed by atoms with Crippen LogP contribution in [0, 0.1) is 5.92 Å². The zero-order valence-corrected chi connectivity index (χ0v) is 11.7. The Morgan fingerprint density at radius 2 is 2.00 bits per heavy atom. The van der Waals surface area contributed by atoms with Crippen LogP contribution in [-0.4, -0.2) is 28.9 Å². The van der Waals surface area contributed by atoms with Gasteiger partial charge in [0.25, 0.3) is 5.91 Å². The zero-order chi connectivity index (χ0) is 12.3. The van der Waals surface area contributed by atoms with Crippen molar-refractivity contribution in [2.45, 2.75) is 26.8 Å². The fourth-order valence-electron chi connectivity index (χ4n) is 1.32. The molecule has 0 aliphatic rings. The third kappa shape index (κ3) is 3.04. The van der Waals surface area contributed by atoms with Gasteiger partial charge < -0.3 is 4.90 Å². The molecule has 0 saturated carbocycles. The fraction of sp³-hybridized carbons (Fsp3) is 0.500. The summed E-state index contributed by atoms with van der Waals surface area (Å²) in [6.45, 7) is 6.24. The molecule has 1 unspecified atom stereocenters. The minimum atomic E-state index is -0.0336. The summed E-state index contributed by atoms with van der Waals surface area (Å²) in [6, 6.07) is 3.77. The molecule has 1 rings (SSSR count). The van der Waals surface area contributed by atoms with Gasteiger partial charge in [0.05, 0.1) is 0 Å². The van der Waals surface area contributed by atoms with E-state index < -0.39 is 0 Å². The van der Waals surface area contributed by atoms with E-state index in [2.05, 4.69) is 34.8 Å². The molecule has 1 atom stereocenters. The Labute approximate surface area is 105 Å². The molecule has 0 fully saturated rings. The molecule has 1 heterocycles. The number of hydrogen-bond acceptors (Lipinski definition) is 2. The number of nitrogens with zero attached hydrogens (tertiary/aromatic N) is 2. The van der Waals surface area contributed by atoms with Crippen LogP contribution in [0.1, 0.15) is 31.3 Å². The van der Waals surface area contributed by atoms with E-state index in [9.17, 15) is 4.79 Å². The highest BCUT2D eigenvalue weighted by Crippen LogP contribution is 2.13. The normalized spacial score (nSPS) is 12.6. The van der Waals surface area contributed by atoms with Crippen molar-refractivity contribution < 1.29 is 4.79 Å². The molecule has 1 aromatic rings. The Hall–Kier alpha value is -0.900. The second-order valence-electron chi connectivity index (χ2n) is 4.26. The van der Waals surface area contributed by atoms with E-state index >= 15 is 0 Å². The van der Waals surface area contributed by atoms with Gasteiger partial charge in [-0.1, -0.05) is 13.8 Å². The second kappa shape index (κ2) is 5.43. The van der Waals surface area contributed by atoms with E-state index in [0.29, 0.717) is 11.6 Å². The van der Waals surface area contributed by atoms with E-state index in [1.54, 1.807) is 17.2 Å². The van der Waals surface area contributed by atoms with Crippen LogP contribution in [0.25, 0.3) is 0 Å². The van der Waals surface area contributed by atoms with E-state index in [0.717, 1.165) is 4.47 Å². The number of amides is 1. The van der Waals surface area contributed by atoms with Gasteiger partial charge in [-0.25, -0.2) is 4.98 Å². The Morgan fingerprint density at radius 1 is 1.38 bits per heavy atom. The van der Waals surface area contributed by atoms with Crippen LogP contribution >= 0.6 is 15.9 Å². The summed E-state index contributed by atoms with van der Waals surface area (Å²) in [7, 11) is 1.82. The lowest BCUT2D eigenvalue weighted by atomic mass is 10.1. The van der Waals surface area contributed by atoms with Crippen molar-refractivity contribution in [3.8, 4) is 0 Å². The Balaban J connectivity index is 2.82. The smallest absolute Gasteiger partial charge is 0.272 e. The molecule has 0 spiro atoms. The quantitative estimate of drug-likeness (QED) is 0.855. The number of aromatic nitrogens is 1. The molecule has 0 aliphatic carbocycles. The van der Waals surface area contributed by atoms with Crippen molar-refractivity contribution in [1.29, 1.82) is 0 Å². The number of rotatable bonds is 3. The first-order chi connectivity index (χ1) is 7.43. The number of carbonyl (C=O) groups excluding carboxylic acids is 1. The van der Waals surface area contributed by atoms with Crippen molar-refractivity contribution in [1.82, 2.24) is 9.88 Å². The molecule has 0 N–H and O–H groups in total. The van der Waals surface area contributed by atoms with Crippen molar-refractivity contribution in [3.63, 3.8) is 0 Å². The highest BCUT2D eigenvalue weighted by atomic mass is 79.9. The first kappa shape index (κ1) is 13.2. The summed E-state index contributed by atoms with van der Waals surface area (Å²) in [5.74, 6) is 0.401. The molecule has 16 heavy (non-hydrogen) atoms.